The Bertz CT molecular complexity index is 1590. The molecule has 1 aliphatic heterocycles. The van der Waals surface area contributed by atoms with Gasteiger partial charge in [0.05, 0.1) is 35.8 Å². The second-order valence-electron chi connectivity index (χ2n) is 8.98. The quantitative estimate of drug-likeness (QED) is 0.348. The van der Waals surface area contributed by atoms with Crippen molar-refractivity contribution in [2.45, 2.75) is 13.3 Å². The Kier molecular flexibility index (Phi) is 7.17. The van der Waals surface area contributed by atoms with E-state index in [1.807, 2.05) is 6.07 Å². The van der Waals surface area contributed by atoms with Gasteiger partial charge in [0, 0.05) is 49.7 Å². The minimum atomic E-state index is -3.79. The summed E-state index contributed by atoms with van der Waals surface area (Å²) >= 11 is 0. The van der Waals surface area contributed by atoms with Crippen molar-refractivity contribution >= 4 is 32.6 Å². The number of methoxy groups -OCH3 is 1. The van der Waals surface area contributed by atoms with Crippen molar-refractivity contribution in [2.75, 3.05) is 48.7 Å². The van der Waals surface area contributed by atoms with Crippen LogP contribution in [-0.4, -0.2) is 62.0 Å². The molecule has 2 N–H and O–H groups in total. The van der Waals surface area contributed by atoms with Gasteiger partial charge in [-0.3, -0.25) is 9.71 Å². The summed E-state index contributed by atoms with van der Waals surface area (Å²) in [6.07, 6.45) is 5.13. The molecule has 3 aromatic heterocycles. The minimum absolute atomic E-state index is 0.183. The number of ether oxygens (including phenoxy) is 1. The molecule has 0 atom stereocenters. The molecule has 9 nitrogen and oxygen atoms in total. The van der Waals surface area contributed by atoms with Gasteiger partial charge in [0.15, 0.2) is 5.82 Å². The van der Waals surface area contributed by atoms with Gasteiger partial charge in [0.25, 0.3) is 0 Å². The Morgan fingerprint density at radius 3 is 2.66 bits per heavy atom. The zero-order chi connectivity index (χ0) is 26.9. The summed E-state index contributed by atoms with van der Waals surface area (Å²) in [5.74, 6) is -0.790. The molecule has 1 fully saturated rings. The van der Waals surface area contributed by atoms with Gasteiger partial charge in [0.1, 0.15) is 23.1 Å². The van der Waals surface area contributed by atoms with Crippen LogP contribution in [0.15, 0.2) is 48.9 Å². The molecule has 0 aliphatic carbocycles. The highest BCUT2D eigenvalue weighted by Crippen LogP contribution is 2.36. The number of hydrogen-bond acceptors (Lipinski definition) is 7. The molecule has 38 heavy (non-hydrogen) atoms. The predicted molar refractivity (Wildman–Crippen MR) is 144 cm³/mol. The number of anilines is 2. The molecule has 12 heteroatoms. The molecule has 200 valence electrons. The van der Waals surface area contributed by atoms with Gasteiger partial charge in [-0.2, -0.15) is 0 Å². The summed E-state index contributed by atoms with van der Waals surface area (Å²) < 4.78 is 64.6. The average molecular weight is 543 g/mol. The first-order valence-electron chi connectivity index (χ1n) is 12.3. The predicted octanol–water partition coefficient (Wildman–Crippen LogP) is 3.94. The monoisotopic (exact) mass is 542 g/mol. The Balaban J connectivity index is 1.71. The fourth-order valence-corrected chi connectivity index (χ4v) is 5.70. The zero-order valence-electron chi connectivity index (χ0n) is 21.0. The largest absolute Gasteiger partial charge is 0.495 e. The fraction of sp³-hybridized carbons (Fsp3) is 0.308. The third-order valence-corrected chi connectivity index (χ3v) is 7.86. The number of halogens is 2. The average Bonchev–Trinajstić information content (AvgIpc) is 3.29. The lowest BCUT2D eigenvalue weighted by Crippen LogP contribution is -2.43. The van der Waals surface area contributed by atoms with Gasteiger partial charge in [-0.05, 0) is 36.8 Å². The van der Waals surface area contributed by atoms with Gasteiger partial charge >= 0.3 is 0 Å². The molecule has 0 radical (unpaired) electrons. The first-order valence-corrected chi connectivity index (χ1v) is 13.9. The number of aromatic nitrogens is 3. The van der Waals surface area contributed by atoms with Crippen LogP contribution in [0.2, 0.25) is 0 Å². The number of sulfonamides is 1. The Morgan fingerprint density at radius 1 is 1.13 bits per heavy atom. The molecule has 0 spiro atoms. The van der Waals surface area contributed by atoms with E-state index in [2.05, 4.69) is 19.9 Å². The zero-order valence-corrected chi connectivity index (χ0v) is 21.9. The van der Waals surface area contributed by atoms with Crippen LogP contribution in [0.1, 0.15) is 13.3 Å². The number of rotatable bonds is 8. The summed E-state index contributed by atoms with van der Waals surface area (Å²) in [5.41, 5.74) is 1.48. The van der Waals surface area contributed by atoms with Gasteiger partial charge in [0.2, 0.25) is 10.0 Å². The lowest BCUT2D eigenvalue weighted by atomic mass is 10.1. The number of benzene rings is 1. The van der Waals surface area contributed by atoms with Crippen molar-refractivity contribution in [1.29, 1.82) is 0 Å². The van der Waals surface area contributed by atoms with Crippen molar-refractivity contribution in [3.05, 3.63) is 60.6 Å². The first-order chi connectivity index (χ1) is 18.3. The Hall–Kier alpha value is -3.77. The third kappa shape index (κ3) is 5.01. The van der Waals surface area contributed by atoms with Crippen molar-refractivity contribution in [2.24, 2.45) is 0 Å². The van der Waals surface area contributed by atoms with Gasteiger partial charge in [-0.25, -0.2) is 22.2 Å². The van der Waals surface area contributed by atoms with Crippen molar-refractivity contribution in [3.8, 4) is 22.6 Å². The normalized spacial score (nSPS) is 14.2. The van der Waals surface area contributed by atoms with Crippen LogP contribution >= 0.6 is 0 Å². The smallest absolute Gasteiger partial charge is 0.232 e. The van der Waals surface area contributed by atoms with Crippen LogP contribution in [0.5, 0.6) is 5.75 Å². The van der Waals surface area contributed by atoms with E-state index < -0.39 is 27.3 Å². The van der Waals surface area contributed by atoms with E-state index in [1.165, 1.54) is 11.7 Å². The number of piperazine rings is 1. The summed E-state index contributed by atoms with van der Waals surface area (Å²) in [6, 6.07) is 7.49. The van der Waals surface area contributed by atoms with Crippen LogP contribution < -0.4 is 19.7 Å². The maximum absolute atomic E-state index is 15.8. The van der Waals surface area contributed by atoms with E-state index in [0.29, 0.717) is 34.3 Å². The molecule has 5 rings (SSSR count). The molecule has 0 amide bonds. The standard InChI is InChI=1S/C26H28F2N6O3S/c1-3-12-38(35,36)32-21-5-4-20(27)26(24(21)28)34-16-19(17-13-18(37-2)15-30-14-17)25-22(34)6-7-23(31-25)33-10-8-29-9-11-33/h4-7,13-16,29,32H,3,8-12H2,1-2H3. The van der Waals surface area contributed by atoms with E-state index in [4.69, 9.17) is 9.72 Å². The van der Waals surface area contributed by atoms with E-state index >= 15 is 8.78 Å². The summed E-state index contributed by atoms with van der Waals surface area (Å²) in [6.45, 7) is 4.90. The SMILES string of the molecule is CCCS(=O)(=O)Nc1ccc(F)c(-n2cc(-c3cncc(OC)c3)c3nc(N4CCNCC4)ccc32)c1F. The lowest BCUT2D eigenvalue weighted by molar-refractivity contribution is 0.413. The summed E-state index contributed by atoms with van der Waals surface area (Å²) in [5, 5.41) is 3.31. The highest BCUT2D eigenvalue weighted by Gasteiger charge is 2.24. The lowest BCUT2D eigenvalue weighted by Gasteiger charge is -2.28. The third-order valence-electron chi connectivity index (χ3n) is 6.38. The van der Waals surface area contributed by atoms with Crippen LogP contribution in [0.4, 0.5) is 20.3 Å². The molecule has 0 bridgehead atoms. The second kappa shape index (κ2) is 10.5. The van der Waals surface area contributed by atoms with Crippen molar-refractivity contribution in [3.63, 3.8) is 0 Å². The van der Waals surface area contributed by atoms with Crippen molar-refractivity contribution in [1.82, 2.24) is 19.9 Å². The van der Waals surface area contributed by atoms with Gasteiger partial charge in [-0.1, -0.05) is 6.92 Å². The number of nitrogens with one attached hydrogen (secondary N) is 2. The second-order valence-corrected chi connectivity index (χ2v) is 10.8. The molecule has 4 aromatic rings. The van der Waals surface area contributed by atoms with Crippen LogP contribution in [0, 0.1) is 11.6 Å². The Labute approximate surface area is 219 Å². The maximum atomic E-state index is 15.8. The molecule has 0 unspecified atom stereocenters. The minimum Gasteiger partial charge on any atom is -0.495 e. The number of hydrogen-bond donors (Lipinski definition) is 2. The Morgan fingerprint density at radius 2 is 1.92 bits per heavy atom. The van der Waals surface area contributed by atoms with E-state index in [-0.39, 0.29) is 11.4 Å². The molecule has 0 saturated carbocycles. The highest BCUT2D eigenvalue weighted by atomic mass is 32.2. The maximum Gasteiger partial charge on any atom is 0.232 e. The number of pyridine rings is 2. The molecule has 4 heterocycles. The topological polar surface area (TPSA) is 101 Å². The van der Waals surface area contributed by atoms with Crippen molar-refractivity contribution < 1.29 is 21.9 Å². The van der Waals surface area contributed by atoms with Crippen LogP contribution in [0.3, 0.4) is 0 Å². The fourth-order valence-electron chi connectivity index (χ4n) is 4.57. The molecule has 1 saturated heterocycles. The highest BCUT2D eigenvalue weighted by molar-refractivity contribution is 7.92. The summed E-state index contributed by atoms with van der Waals surface area (Å²) in [7, 11) is -2.26. The molecule has 1 aliphatic rings. The van der Waals surface area contributed by atoms with Crippen LogP contribution in [-0.2, 0) is 10.0 Å². The first kappa shape index (κ1) is 25.9. The summed E-state index contributed by atoms with van der Waals surface area (Å²) in [4.78, 5) is 11.3. The van der Waals surface area contributed by atoms with E-state index in [9.17, 15) is 8.42 Å². The van der Waals surface area contributed by atoms with Gasteiger partial charge < -0.3 is 19.5 Å². The molecule has 1 aromatic carbocycles. The van der Waals surface area contributed by atoms with Crippen LogP contribution in [0.25, 0.3) is 27.8 Å². The molecular weight excluding hydrogens is 514 g/mol. The van der Waals surface area contributed by atoms with E-state index in [1.54, 1.807) is 37.6 Å². The number of nitrogens with zero attached hydrogens (tertiary/aromatic N) is 4. The number of fused-ring (bicyclic) bond motifs is 1. The van der Waals surface area contributed by atoms with E-state index in [0.717, 1.165) is 44.1 Å². The van der Waals surface area contributed by atoms with Gasteiger partial charge in [-0.15, -0.1) is 0 Å². The molecular formula is C26H28F2N6O3S.